The van der Waals surface area contributed by atoms with Gasteiger partial charge in [-0.1, -0.05) is 0 Å². The normalized spacial score (nSPS) is 13.8. The molecular weight excluding hydrogens is 288 g/mol. The van der Waals surface area contributed by atoms with Gasteiger partial charge in [0.2, 0.25) is 0 Å². The first kappa shape index (κ1) is 21.1. The van der Waals surface area contributed by atoms with Gasteiger partial charge in [-0.2, -0.15) is 0 Å². The van der Waals surface area contributed by atoms with Gasteiger partial charge < -0.3 is 30.3 Å². The van der Waals surface area contributed by atoms with Gasteiger partial charge in [-0.05, 0) is 40.5 Å². The van der Waals surface area contributed by atoms with Crippen molar-refractivity contribution >= 4 is 6.09 Å². The molecule has 0 rings (SSSR count). The average molecular weight is 320 g/mol. The fourth-order valence-electron chi connectivity index (χ4n) is 1.89. The lowest BCUT2D eigenvalue weighted by atomic mass is 10.0. The molecule has 0 heterocycles. The molecule has 0 aliphatic carbocycles. The average Bonchev–Trinajstić information content (AvgIpc) is 2.41. The first-order valence-electron chi connectivity index (χ1n) is 7.61. The highest BCUT2D eigenvalue weighted by atomic mass is 16.6. The fraction of sp³-hybridized carbons (Fsp3) is 0.933. The largest absolute Gasteiger partial charge is 0.444 e. The molecule has 0 spiro atoms. The van der Waals surface area contributed by atoms with Crippen LogP contribution in [0.4, 0.5) is 4.79 Å². The number of carbonyl (C=O) groups is 1. The second kappa shape index (κ2) is 9.99. The molecule has 22 heavy (non-hydrogen) atoms. The molecule has 0 aromatic heterocycles. The Bertz CT molecular complexity index is 314. The van der Waals surface area contributed by atoms with Gasteiger partial charge in [-0.25, -0.2) is 4.79 Å². The predicted octanol–water partition coefficient (Wildman–Crippen LogP) is 0.639. The van der Waals surface area contributed by atoms with Crippen LogP contribution < -0.4 is 10.6 Å². The number of hydrogen-bond acceptors (Lipinski definition) is 6. The van der Waals surface area contributed by atoms with E-state index in [1.807, 2.05) is 20.8 Å². The van der Waals surface area contributed by atoms with E-state index in [-0.39, 0.29) is 19.3 Å². The smallest absolute Gasteiger partial charge is 0.407 e. The molecule has 4 N–H and O–H groups in total. The predicted molar refractivity (Wildman–Crippen MR) is 84.8 cm³/mol. The van der Waals surface area contributed by atoms with Crippen molar-refractivity contribution < 1.29 is 24.5 Å². The van der Waals surface area contributed by atoms with Crippen LogP contribution in [0.3, 0.4) is 0 Å². The Kier molecular flexibility index (Phi) is 9.59. The highest BCUT2D eigenvalue weighted by molar-refractivity contribution is 5.67. The molecule has 132 valence electrons. The third-order valence-corrected chi connectivity index (χ3v) is 3.02. The van der Waals surface area contributed by atoms with Crippen LogP contribution >= 0.6 is 0 Å². The SMILES string of the molecule is COCC(CCCNC(=O)OC(C)(C)C)NC(C)(CO)CO. The van der Waals surface area contributed by atoms with Crippen LogP contribution in [0, 0.1) is 0 Å². The molecule has 0 aromatic carbocycles. The summed E-state index contributed by atoms with van der Waals surface area (Å²) in [5, 5.41) is 24.5. The minimum atomic E-state index is -0.748. The molecule has 0 aliphatic heterocycles. The Labute approximate surface area is 133 Å². The molecule has 7 nitrogen and oxygen atoms in total. The van der Waals surface area contributed by atoms with Crippen molar-refractivity contribution in [3.63, 3.8) is 0 Å². The molecule has 0 bridgehead atoms. The van der Waals surface area contributed by atoms with E-state index >= 15 is 0 Å². The van der Waals surface area contributed by atoms with Crippen molar-refractivity contribution in [1.82, 2.24) is 10.6 Å². The molecular formula is C15H32N2O5. The molecule has 0 aliphatic rings. The van der Waals surface area contributed by atoms with E-state index in [0.717, 1.165) is 12.8 Å². The summed E-state index contributed by atoms with van der Waals surface area (Å²) in [5.41, 5.74) is -1.25. The molecule has 0 saturated carbocycles. The zero-order valence-electron chi connectivity index (χ0n) is 14.4. The van der Waals surface area contributed by atoms with Gasteiger partial charge >= 0.3 is 6.09 Å². The van der Waals surface area contributed by atoms with Gasteiger partial charge in [0.15, 0.2) is 0 Å². The number of aliphatic hydroxyl groups excluding tert-OH is 2. The van der Waals surface area contributed by atoms with Gasteiger partial charge in [0.05, 0.1) is 25.4 Å². The van der Waals surface area contributed by atoms with Crippen molar-refractivity contribution in [2.24, 2.45) is 0 Å². The second-order valence-electron chi connectivity index (χ2n) is 6.74. The van der Waals surface area contributed by atoms with Crippen molar-refractivity contribution in [3.05, 3.63) is 0 Å². The van der Waals surface area contributed by atoms with E-state index in [2.05, 4.69) is 10.6 Å². The minimum Gasteiger partial charge on any atom is -0.444 e. The van der Waals surface area contributed by atoms with Crippen LogP contribution in [0.15, 0.2) is 0 Å². The maximum Gasteiger partial charge on any atom is 0.407 e. The van der Waals surface area contributed by atoms with E-state index < -0.39 is 17.2 Å². The summed E-state index contributed by atoms with van der Waals surface area (Å²) in [6.45, 7) is 7.81. The van der Waals surface area contributed by atoms with E-state index in [1.54, 1.807) is 14.0 Å². The number of carbonyl (C=O) groups excluding carboxylic acids is 1. The van der Waals surface area contributed by atoms with Crippen LogP contribution in [0.25, 0.3) is 0 Å². The Balaban J connectivity index is 4.13. The van der Waals surface area contributed by atoms with E-state index in [9.17, 15) is 15.0 Å². The Morgan fingerprint density at radius 1 is 1.18 bits per heavy atom. The standard InChI is InChI=1S/C15H32N2O5/c1-14(2,3)22-13(20)16-8-6-7-12(9-21-5)17-15(4,10-18)11-19/h12,17-19H,6-11H2,1-5H3,(H,16,20). The number of nitrogens with one attached hydrogen (secondary N) is 2. The zero-order valence-corrected chi connectivity index (χ0v) is 14.4. The molecule has 0 aromatic rings. The van der Waals surface area contributed by atoms with Crippen LogP contribution in [-0.4, -0.2) is 67.0 Å². The lowest BCUT2D eigenvalue weighted by Gasteiger charge is -2.32. The fourth-order valence-corrected chi connectivity index (χ4v) is 1.89. The molecule has 1 unspecified atom stereocenters. The van der Waals surface area contributed by atoms with Crippen molar-refractivity contribution in [2.45, 2.75) is 57.7 Å². The lowest BCUT2D eigenvalue weighted by Crippen LogP contribution is -2.54. The molecule has 0 saturated heterocycles. The van der Waals surface area contributed by atoms with Crippen LogP contribution in [0.2, 0.25) is 0 Å². The van der Waals surface area contributed by atoms with Crippen LogP contribution in [-0.2, 0) is 9.47 Å². The first-order valence-corrected chi connectivity index (χ1v) is 7.61. The number of amides is 1. The molecule has 0 fully saturated rings. The molecule has 0 radical (unpaired) electrons. The summed E-state index contributed by atoms with van der Waals surface area (Å²) in [4.78, 5) is 11.5. The number of aliphatic hydroxyl groups is 2. The summed E-state index contributed by atoms with van der Waals surface area (Å²) in [6, 6.07) is -0.0188. The maximum absolute atomic E-state index is 11.5. The summed E-state index contributed by atoms with van der Waals surface area (Å²) in [7, 11) is 1.60. The summed E-state index contributed by atoms with van der Waals surface area (Å²) in [6.07, 6.45) is 1.03. The minimum absolute atomic E-state index is 0.0188. The summed E-state index contributed by atoms with van der Waals surface area (Å²) >= 11 is 0. The van der Waals surface area contributed by atoms with Gasteiger partial charge in [0, 0.05) is 19.7 Å². The Morgan fingerprint density at radius 2 is 1.77 bits per heavy atom. The van der Waals surface area contributed by atoms with E-state index in [4.69, 9.17) is 9.47 Å². The number of alkyl carbamates (subject to hydrolysis) is 1. The molecule has 1 atom stereocenters. The summed E-state index contributed by atoms with van der Waals surface area (Å²) in [5.74, 6) is 0. The first-order chi connectivity index (χ1) is 10.2. The Morgan fingerprint density at radius 3 is 2.23 bits per heavy atom. The molecule has 7 heteroatoms. The quantitative estimate of drug-likeness (QED) is 0.441. The maximum atomic E-state index is 11.5. The number of methoxy groups -OCH3 is 1. The van der Waals surface area contributed by atoms with Crippen LogP contribution in [0.5, 0.6) is 0 Å². The van der Waals surface area contributed by atoms with E-state index in [0.29, 0.717) is 13.2 Å². The van der Waals surface area contributed by atoms with Gasteiger partial charge in [0.1, 0.15) is 5.60 Å². The third kappa shape index (κ3) is 9.94. The number of rotatable bonds is 10. The highest BCUT2D eigenvalue weighted by Crippen LogP contribution is 2.08. The number of ether oxygens (including phenoxy) is 2. The lowest BCUT2D eigenvalue weighted by molar-refractivity contribution is 0.0523. The van der Waals surface area contributed by atoms with Crippen LogP contribution in [0.1, 0.15) is 40.5 Å². The van der Waals surface area contributed by atoms with Gasteiger partial charge in [-0.3, -0.25) is 0 Å². The van der Waals surface area contributed by atoms with Gasteiger partial charge in [-0.15, -0.1) is 0 Å². The highest BCUT2D eigenvalue weighted by Gasteiger charge is 2.25. The second-order valence-corrected chi connectivity index (χ2v) is 6.74. The summed E-state index contributed by atoms with van der Waals surface area (Å²) < 4.78 is 10.3. The zero-order chi connectivity index (χ0) is 17.2. The van der Waals surface area contributed by atoms with E-state index in [1.165, 1.54) is 0 Å². The third-order valence-electron chi connectivity index (χ3n) is 3.02. The van der Waals surface area contributed by atoms with Crippen molar-refractivity contribution in [3.8, 4) is 0 Å². The van der Waals surface area contributed by atoms with Crippen molar-refractivity contribution in [1.29, 1.82) is 0 Å². The number of hydrogen-bond donors (Lipinski definition) is 4. The van der Waals surface area contributed by atoms with Gasteiger partial charge in [0.25, 0.3) is 0 Å². The molecule has 1 amide bonds. The van der Waals surface area contributed by atoms with Crippen molar-refractivity contribution in [2.75, 3.05) is 33.5 Å². The topological polar surface area (TPSA) is 100 Å². The Hall–Kier alpha value is -0.890. The monoisotopic (exact) mass is 320 g/mol.